The highest BCUT2D eigenvalue weighted by Gasteiger charge is 2.45. The van der Waals surface area contributed by atoms with Crippen LogP contribution < -0.4 is 14.4 Å². The van der Waals surface area contributed by atoms with Gasteiger partial charge < -0.3 is 28.6 Å². The monoisotopic (exact) mass is 595 g/mol. The number of methoxy groups -OCH3 is 1. The van der Waals surface area contributed by atoms with E-state index in [1.54, 1.807) is 24.4 Å². The number of carbonyl (C=O) groups excluding carboxylic acids is 2. The number of rotatable bonds is 11. The molecule has 0 radical (unpaired) electrons. The van der Waals surface area contributed by atoms with Crippen molar-refractivity contribution in [1.82, 2.24) is 19.4 Å². The van der Waals surface area contributed by atoms with Crippen LogP contribution in [-0.2, 0) is 22.6 Å². The Balaban J connectivity index is 1.18. The van der Waals surface area contributed by atoms with Crippen molar-refractivity contribution in [3.8, 4) is 11.5 Å². The summed E-state index contributed by atoms with van der Waals surface area (Å²) in [6, 6.07) is 7.80. The maximum atomic E-state index is 13.7. The number of anilines is 1. The van der Waals surface area contributed by atoms with Crippen molar-refractivity contribution < 1.29 is 23.8 Å². The third-order valence-electron chi connectivity index (χ3n) is 8.48. The first kappa shape index (κ1) is 28.6. The molecule has 2 bridgehead atoms. The number of ether oxygens (including phenoxy) is 3. The van der Waals surface area contributed by atoms with Gasteiger partial charge in [-0.3, -0.25) is 9.69 Å². The van der Waals surface area contributed by atoms with Crippen LogP contribution in [0.25, 0.3) is 11.0 Å². The van der Waals surface area contributed by atoms with Gasteiger partial charge in [-0.1, -0.05) is 31.4 Å². The third-order valence-corrected chi connectivity index (χ3v) is 8.77. The molecule has 42 heavy (non-hydrogen) atoms. The Labute approximate surface area is 251 Å². The molecule has 11 heteroatoms. The quantitative estimate of drug-likeness (QED) is 0.287. The van der Waals surface area contributed by atoms with Crippen molar-refractivity contribution >= 4 is 40.3 Å². The van der Waals surface area contributed by atoms with Crippen LogP contribution in [0.2, 0.25) is 5.02 Å². The molecule has 2 aromatic heterocycles. The lowest BCUT2D eigenvalue weighted by molar-refractivity contribution is -0.167. The standard InChI is InChI=1S/C31H38ClN5O5/c1-3-4-5-13-42-27-15-22(7-8-26(27)40-2)36-12-6-11-34(31(36)39)16-21-9-10-33-30-29(21)25(32)17-35(30)18-28(38)37-23-14-24(37)20-41-19-23/h7-10,15,17,23-24H,3-6,11-14,16,18-20H2,1-2H3. The summed E-state index contributed by atoms with van der Waals surface area (Å²) in [6.45, 7) is 5.76. The van der Waals surface area contributed by atoms with E-state index in [4.69, 9.17) is 25.8 Å². The van der Waals surface area contributed by atoms with Gasteiger partial charge >= 0.3 is 6.03 Å². The van der Waals surface area contributed by atoms with Crippen molar-refractivity contribution in [2.45, 2.75) is 64.2 Å². The van der Waals surface area contributed by atoms with Gasteiger partial charge in [0.1, 0.15) is 12.2 Å². The average molecular weight is 596 g/mol. The van der Waals surface area contributed by atoms with Crippen LogP contribution in [0.15, 0.2) is 36.7 Å². The van der Waals surface area contributed by atoms with Crippen LogP contribution in [0.5, 0.6) is 11.5 Å². The lowest BCUT2D eigenvalue weighted by Gasteiger charge is -2.52. The number of carbonyl (C=O) groups is 2. The molecular weight excluding hydrogens is 558 g/mol. The number of amides is 3. The molecule has 3 aliphatic heterocycles. The number of fused-ring (bicyclic) bond motifs is 3. The van der Waals surface area contributed by atoms with Crippen LogP contribution in [0.3, 0.4) is 0 Å². The molecule has 0 saturated carbocycles. The van der Waals surface area contributed by atoms with E-state index in [-0.39, 0.29) is 30.6 Å². The Morgan fingerprint density at radius 1 is 1.14 bits per heavy atom. The molecule has 0 aliphatic carbocycles. The smallest absolute Gasteiger partial charge is 0.324 e. The molecule has 6 rings (SSSR count). The molecular formula is C31H38ClN5O5. The lowest BCUT2D eigenvalue weighted by Crippen LogP contribution is -2.66. The van der Waals surface area contributed by atoms with Gasteiger partial charge in [-0.15, -0.1) is 0 Å². The second kappa shape index (κ2) is 12.4. The molecule has 5 heterocycles. The number of pyridine rings is 1. The summed E-state index contributed by atoms with van der Waals surface area (Å²) < 4.78 is 18.9. The fourth-order valence-electron chi connectivity index (χ4n) is 6.31. The molecule has 3 saturated heterocycles. The number of morpholine rings is 1. The molecule has 10 nitrogen and oxygen atoms in total. The summed E-state index contributed by atoms with van der Waals surface area (Å²) in [5, 5.41) is 1.30. The molecule has 3 aliphatic rings. The predicted molar refractivity (Wildman–Crippen MR) is 160 cm³/mol. The van der Waals surface area contributed by atoms with Gasteiger partial charge in [-0.2, -0.15) is 0 Å². The molecule has 224 valence electrons. The number of benzene rings is 1. The first-order valence-electron chi connectivity index (χ1n) is 14.9. The predicted octanol–water partition coefficient (Wildman–Crippen LogP) is 5.10. The zero-order chi connectivity index (χ0) is 29.2. The van der Waals surface area contributed by atoms with Crippen LogP contribution in [0, 0.1) is 0 Å². The van der Waals surface area contributed by atoms with Crippen LogP contribution >= 0.6 is 11.6 Å². The molecule has 3 fully saturated rings. The minimum absolute atomic E-state index is 0.0513. The Hall–Kier alpha value is -3.50. The highest BCUT2D eigenvalue weighted by molar-refractivity contribution is 6.35. The molecule has 1 aromatic carbocycles. The second-order valence-corrected chi connectivity index (χ2v) is 11.7. The SMILES string of the molecule is CCCCCOc1cc(N2CCCN(Cc3ccnc4c3c(Cl)cn4CC(=O)N3C4COCC3C4)C2=O)ccc1OC. The molecule has 2 atom stereocenters. The van der Waals surface area contributed by atoms with E-state index >= 15 is 0 Å². The molecule has 2 unspecified atom stereocenters. The number of aromatic nitrogens is 2. The second-order valence-electron chi connectivity index (χ2n) is 11.3. The first-order valence-corrected chi connectivity index (χ1v) is 15.2. The van der Waals surface area contributed by atoms with Gasteiger partial charge in [0, 0.05) is 49.2 Å². The van der Waals surface area contributed by atoms with Crippen molar-refractivity contribution in [2.24, 2.45) is 0 Å². The third kappa shape index (κ3) is 5.49. The average Bonchev–Trinajstić information content (AvgIpc) is 3.32. The molecule has 0 N–H and O–H groups in total. The summed E-state index contributed by atoms with van der Waals surface area (Å²) in [5.41, 5.74) is 2.32. The van der Waals surface area contributed by atoms with E-state index in [1.807, 2.05) is 38.6 Å². The lowest BCUT2D eigenvalue weighted by atomic mass is 9.91. The van der Waals surface area contributed by atoms with Gasteiger partial charge in [-0.25, -0.2) is 9.78 Å². The summed E-state index contributed by atoms with van der Waals surface area (Å²) in [4.78, 5) is 37.0. The summed E-state index contributed by atoms with van der Waals surface area (Å²) in [7, 11) is 1.62. The van der Waals surface area contributed by atoms with Gasteiger partial charge in [0.25, 0.3) is 0 Å². The fraction of sp³-hybridized carbons (Fsp3) is 0.516. The number of unbranched alkanes of at least 4 members (excludes halogenated alkanes) is 2. The van der Waals surface area contributed by atoms with E-state index < -0.39 is 0 Å². The zero-order valence-electron chi connectivity index (χ0n) is 24.3. The summed E-state index contributed by atoms with van der Waals surface area (Å²) >= 11 is 6.73. The maximum Gasteiger partial charge on any atom is 0.324 e. The Morgan fingerprint density at radius 2 is 1.98 bits per heavy atom. The van der Waals surface area contributed by atoms with Gasteiger partial charge in [0.15, 0.2) is 11.5 Å². The van der Waals surface area contributed by atoms with Crippen molar-refractivity contribution in [2.75, 3.05) is 44.9 Å². The summed E-state index contributed by atoms with van der Waals surface area (Å²) in [5.74, 6) is 1.35. The van der Waals surface area contributed by atoms with E-state index in [0.717, 1.165) is 48.7 Å². The minimum Gasteiger partial charge on any atom is -0.493 e. The zero-order valence-corrected chi connectivity index (χ0v) is 25.0. The number of hydrogen-bond donors (Lipinski definition) is 0. The van der Waals surface area contributed by atoms with E-state index in [1.165, 1.54) is 0 Å². The molecule has 3 aromatic rings. The first-order chi connectivity index (χ1) is 20.5. The number of hydrogen-bond acceptors (Lipinski definition) is 6. The largest absolute Gasteiger partial charge is 0.493 e. The van der Waals surface area contributed by atoms with Crippen LogP contribution in [-0.4, -0.2) is 83.4 Å². The van der Waals surface area contributed by atoms with E-state index in [0.29, 0.717) is 61.6 Å². The van der Waals surface area contributed by atoms with E-state index in [9.17, 15) is 9.59 Å². The minimum atomic E-state index is -0.0782. The number of halogens is 1. The number of nitrogens with zero attached hydrogens (tertiary/aromatic N) is 5. The van der Waals surface area contributed by atoms with Crippen molar-refractivity contribution in [3.05, 3.63) is 47.2 Å². The normalized spacial score (nSPS) is 20.2. The fourth-order valence-corrected chi connectivity index (χ4v) is 6.63. The Bertz CT molecular complexity index is 1450. The number of urea groups is 1. The van der Waals surface area contributed by atoms with Crippen LogP contribution in [0.1, 0.15) is 44.6 Å². The highest BCUT2D eigenvalue weighted by Crippen LogP contribution is 2.35. The Kier molecular flexibility index (Phi) is 8.44. The van der Waals surface area contributed by atoms with Gasteiger partial charge in [0.2, 0.25) is 5.91 Å². The maximum absolute atomic E-state index is 13.7. The van der Waals surface area contributed by atoms with Gasteiger partial charge in [-0.05, 0) is 43.0 Å². The van der Waals surface area contributed by atoms with Crippen LogP contribution in [0.4, 0.5) is 10.5 Å². The highest BCUT2D eigenvalue weighted by atomic mass is 35.5. The van der Waals surface area contributed by atoms with Crippen molar-refractivity contribution in [1.29, 1.82) is 0 Å². The molecule has 3 amide bonds. The van der Waals surface area contributed by atoms with E-state index in [2.05, 4.69) is 11.9 Å². The van der Waals surface area contributed by atoms with Gasteiger partial charge in [0.05, 0.1) is 44.0 Å². The summed E-state index contributed by atoms with van der Waals surface area (Å²) in [6.07, 6.45) is 8.51. The molecule has 0 spiro atoms. The van der Waals surface area contributed by atoms with Crippen molar-refractivity contribution in [3.63, 3.8) is 0 Å². The topological polar surface area (TPSA) is 89.4 Å². The Morgan fingerprint density at radius 3 is 2.74 bits per heavy atom.